The number of para-hydroxylation sites is 2. The number of aromatic nitrogens is 3. The summed E-state index contributed by atoms with van der Waals surface area (Å²) in [6, 6.07) is 26.2. The molecule has 0 saturated carbocycles. The Hall–Kier alpha value is -3.60. The molecule has 0 spiro atoms. The number of hydrogen-bond acceptors (Lipinski definition) is 4. The molecule has 0 aliphatic carbocycles. The monoisotopic (exact) mass is 340 g/mol. The quantitative estimate of drug-likeness (QED) is 0.505. The van der Waals surface area contributed by atoms with Crippen molar-refractivity contribution in [3.8, 4) is 11.3 Å². The normalized spacial score (nSPS) is 11.2. The summed E-state index contributed by atoms with van der Waals surface area (Å²) in [7, 11) is 0. The van der Waals surface area contributed by atoms with Crippen molar-refractivity contribution in [2.75, 3.05) is 5.32 Å². The van der Waals surface area contributed by atoms with Crippen LogP contribution in [0, 0.1) is 0 Å². The molecule has 0 aliphatic heterocycles. The van der Waals surface area contributed by atoms with Crippen LogP contribution in [-0.4, -0.2) is 15.0 Å². The molecular formula is C21H16N4O. The maximum atomic E-state index is 5.92. The molecule has 1 N–H and O–H groups in total. The molecule has 0 unspecified atom stereocenters. The highest BCUT2D eigenvalue weighted by molar-refractivity contribution is 5.82. The fourth-order valence-electron chi connectivity index (χ4n) is 3.08. The lowest BCUT2D eigenvalue weighted by molar-refractivity contribution is 0.631. The van der Waals surface area contributed by atoms with Crippen molar-refractivity contribution in [2.24, 2.45) is 0 Å². The van der Waals surface area contributed by atoms with Crippen LogP contribution in [0.3, 0.4) is 0 Å². The molecule has 0 amide bonds. The lowest BCUT2D eigenvalue weighted by Crippen LogP contribution is -2.09. The Morgan fingerprint density at radius 3 is 2.58 bits per heavy atom. The molecule has 0 fully saturated rings. The zero-order valence-electron chi connectivity index (χ0n) is 14.0. The van der Waals surface area contributed by atoms with Gasteiger partial charge in [0.2, 0.25) is 0 Å². The van der Waals surface area contributed by atoms with E-state index >= 15 is 0 Å². The van der Waals surface area contributed by atoms with Gasteiger partial charge in [-0.3, -0.25) is 0 Å². The second kappa shape index (κ2) is 6.04. The average Bonchev–Trinajstić information content (AvgIpc) is 3.31. The molecule has 5 rings (SSSR count). The van der Waals surface area contributed by atoms with Gasteiger partial charge in [0.25, 0.3) is 0 Å². The molecule has 126 valence electrons. The fraction of sp³-hybridized carbons (Fsp3) is 0.0476. The van der Waals surface area contributed by atoms with Gasteiger partial charge < -0.3 is 9.73 Å². The molecule has 5 nitrogen and oxygen atoms in total. The molecule has 0 saturated heterocycles. The van der Waals surface area contributed by atoms with Crippen LogP contribution in [0.15, 0.2) is 83.3 Å². The highest BCUT2D eigenvalue weighted by atomic mass is 16.3. The number of fused-ring (bicyclic) bond motifs is 2. The minimum Gasteiger partial charge on any atom is -0.456 e. The second-order valence-electron chi connectivity index (χ2n) is 6.14. The Kier molecular flexibility index (Phi) is 3.42. The zero-order chi connectivity index (χ0) is 17.3. The smallest absolute Gasteiger partial charge is 0.135 e. The number of furan rings is 1. The first-order chi connectivity index (χ1) is 12.9. The van der Waals surface area contributed by atoms with E-state index in [4.69, 9.17) is 4.42 Å². The molecule has 5 heteroatoms. The summed E-state index contributed by atoms with van der Waals surface area (Å²) in [6.45, 7) is 0.560. The first kappa shape index (κ1) is 14.7. The van der Waals surface area contributed by atoms with E-state index in [1.54, 1.807) is 0 Å². The predicted molar refractivity (Wildman–Crippen MR) is 103 cm³/mol. The van der Waals surface area contributed by atoms with Crippen molar-refractivity contribution in [3.63, 3.8) is 0 Å². The zero-order valence-corrected chi connectivity index (χ0v) is 14.0. The third-order valence-corrected chi connectivity index (χ3v) is 4.45. The van der Waals surface area contributed by atoms with Crippen molar-refractivity contribution >= 4 is 27.7 Å². The number of anilines is 1. The lowest BCUT2D eigenvalue weighted by Gasteiger charge is -2.07. The van der Waals surface area contributed by atoms with Crippen molar-refractivity contribution in [2.45, 2.75) is 6.67 Å². The van der Waals surface area contributed by atoms with Crippen molar-refractivity contribution < 1.29 is 4.42 Å². The molecule has 2 heterocycles. The Balaban J connectivity index is 1.35. The van der Waals surface area contributed by atoms with Crippen LogP contribution in [0.2, 0.25) is 0 Å². The lowest BCUT2D eigenvalue weighted by atomic mass is 10.1. The van der Waals surface area contributed by atoms with Crippen molar-refractivity contribution in [1.29, 1.82) is 0 Å². The first-order valence-corrected chi connectivity index (χ1v) is 8.48. The maximum absolute atomic E-state index is 5.92. The van der Waals surface area contributed by atoms with Gasteiger partial charge in [-0.2, -0.15) is 0 Å². The highest BCUT2D eigenvalue weighted by Crippen LogP contribution is 2.28. The van der Waals surface area contributed by atoms with E-state index in [-0.39, 0.29) is 0 Å². The third kappa shape index (κ3) is 2.59. The Morgan fingerprint density at radius 2 is 1.69 bits per heavy atom. The number of benzene rings is 3. The van der Waals surface area contributed by atoms with Crippen molar-refractivity contribution in [3.05, 3.63) is 78.9 Å². The summed E-state index contributed by atoms with van der Waals surface area (Å²) >= 11 is 0. The van der Waals surface area contributed by atoms with Crippen LogP contribution in [0.4, 0.5) is 5.69 Å². The van der Waals surface area contributed by atoms with E-state index in [0.717, 1.165) is 39.0 Å². The van der Waals surface area contributed by atoms with Crippen LogP contribution < -0.4 is 5.32 Å². The number of rotatable bonds is 4. The van der Waals surface area contributed by atoms with Gasteiger partial charge in [0.15, 0.2) is 0 Å². The molecule has 5 aromatic rings. The van der Waals surface area contributed by atoms with Crippen LogP contribution in [0.25, 0.3) is 33.3 Å². The van der Waals surface area contributed by atoms with Crippen LogP contribution in [-0.2, 0) is 6.67 Å². The summed E-state index contributed by atoms with van der Waals surface area (Å²) in [6.07, 6.45) is 0. The Labute approximate surface area is 149 Å². The van der Waals surface area contributed by atoms with Gasteiger partial charge in [0.05, 0.1) is 5.52 Å². The summed E-state index contributed by atoms with van der Waals surface area (Å²) < 4.78 is 7.77. The molecule has 0 atom stereocenters. The van der Waals surface area contributed by atoms with Gasteiger partial charge in [-0.1, -0.05) is 35.5 Å². The molecule has 26 heavy (non-hydrogen) atoms. The topological polar surface area (TPSA) is 55.9 Å². The SMILES string of the molecule is c1ccc2oc(-c3ccc(NCn4nnc5ccccc54)cc3)cc2c1. The molecular weight excluding hydrogens is 324 g/mol. The number of hydrogen-bond donors (Lipinski definition) is 1. The minimum atomic E-state index is 0.560. The van der Waals surface area contributed by atoms with Gasteiger partial charge in [-0.05, 0) is 48.5 Å². The van der Waals surface area contributed by atoms with E-state index in [0.29, 0.717) is 6.67 Å². The maximum Gasteiger partial charge on any atom is 0.135 e. The van der Waals surface area contributed by atoms with Gasteiger partial charge in [0.1, 0.15) is 23.5 Å². The Morgan fingerprint density at radius 1 is 0.885 bits per heavy atom. The van der Waals surface area contributed by atoms with E-state index in [1.165, 1.54) is 0 Å². The fourth-order valence-corrected chi connectivity index (χ4v) is 3.08. The third-order valence-electron chi connectivity index (χ3n) is 4.45. The Bertz CT molecular complexity index is 1150. The van der Waals surface area contributed by atoms with Crippen molar-refractivity contribution in [1.82, 2.24) is 15.0 Å². The predicted octanol–water partition coefficient (Wildman–Crippen LogP) is 4.91. The van der Waals surface area contributed by atoms with Gasteiger partial charge in [-0.15, -0.1) is 5.10 Å². The van der Waals surface area contributed by atoms with E-state index in [9.17, 15) is 0 Å². The van der Waals surface area contributed by atoms with Crippen LogP contribution in [0.1, 0.15) is 0 Å². The first-order valence-electron chi connectivity index (χ1n) is 8.48. The number of nitrogens with one attached hydrogen (secondary N) is 1. The van der Waals surface area contributed by atoms with Crippen LogP contribution in [0.5, 0.6) is 0 Å². The second-order valence-corrected chi connectivity index (χ2v) is 6.14. The molecule has 0 aliphatic rings. The van der Waals surface area contributed by atoms with E-state index in [2.05, 4.69) is 39.9 Å². The van der Waals surface area contributed by atoms with Crippen LogP contribution >= 0.6 is 0 Å². The van der Waals surface area contributed by atoms with E-state index < -0.39 is 0 Å². The van der Waals surface area contributed by atoms with Gasteiger partial charge >= 0.3 is 0 Å². The van der Waals surface area contributed by atoms with E-state index in [1.807, 2.05) is 59.3 Å². The summed E-state index contributed by atoms with van der Waals surface area (Å²) in [5.74, 6) is 0.875. The highest BCUT2D eigenvalue weighted by Gasteiger charge is 2.06. The molecule has 3 aromatic carbocycles. The minimum absolute atomic E-state index is 0.560. The standard InChI is InChI=1S/C21H16N4O/c1-4-8-20-16(5-1)13-21(26-20)15-9-11-17(12-10-15)22-14-25-19-7-3-2-6-18(19)23-24-25/h1-13,22H,14H2. The molecule has 0 bridgehead atoms. The summed E-state index contributed by atoms with van der Waals surface area (Å²) in [4.78, 5) is 0. The molecule has 2 aromatic heterocycles. The largest absolute Gasteiger partial charge is 0.456 e. The summed E-state index contributed by atoms with van der Waals surface area (Å²) in [5.41, 5.74) is 4.89. The van der Waals surface area contributed by atoms with Gasteiger partial charge in [-0.25, -0.2) is 4.68 Å². The molecule has 0 radical (unpaired) electrons. The van der Waals surface area contributed by atoms with Gasteiger partial charge in [0, 0.05) is 16.6 Å². The summed E-state index contributed by atoms with van der Waals surface area (Å²) in [5, 5.41) is 12.8. The average molecular weight is 340 g/mol. The number of nitrogens with zero attached hydrogens (tertiary/aromatic N) is 3.